The topological polar surface area (TPSA) is 46.3 Å². The van der Waals surface area contributed by atoms with Crippen molar-refractivity contribution >= 4 is 22.2 Å². The monoisotopic (exact) mass is 210 g/mol. The summed E-state index contributed by atoms with van der Waals surface area (Å²) in [6, 6.07) is 1.89. The van der Waals surface area contributed by atoms with E-state index in [0.29, 0.717) is 10.6 Å². The molecule has 1 aliphatic rings. The predicted octanol–water partition coefficient (Wildman–Crippen LogP) is 1.87. The maximum atomic E-state index is 11.9. The lowest BCUT2D eigenvalue weighted by Crippen LogP contribution is -2.27. The molecule has 1 fully saturated rings. The molecule has 0 saturated carbocycles. The molecular formula is C10H14N2OS. The van der Waals surface area contributed by atoms with Gasteiger partial charge in [0.05, 0.1) is 10.6 Å². The third-order valence-electron chi connectivity index (χ3n) is 2.51. The molecule has 3 nitrogen and oxygen atoms in total. The van der Waals surface area contributed by atoms with Crippen molar-refractivity contribution in [2.45, 2.75) is 19.8 Å². The lowest BCUT2D eigenvalue weighted by Gasteiger charge is -2.14. The van der Waals surface area contributed by atoms with Gasteiger partial charge in [-0.2, -0.15) is 0 Å². The first-order chi connectivity index (χ1) is 6.68. The summed E-state index contributed by atoms with van der Waals surface area (Å²) in [6.45, 7) is 3.74. The van der Waals surface area contributed by atoms with E-state index in [2.05, 4.69) is 0 Å². The maximum absolute atomic E-state index is 11.9. The molecule has 1 aromatic rings. The summed E-state index contributed by atoms with van der Waals surface area (Å²) in [5.41, 5.74) is 6.47. The van der Waals surface area contributed by atoms with E-state index >= 15 is 0 Å². The lowest BCUT2D eigenvalue weighted by atomic mass is 10.2. The summed E-state index contributed by atoms with van der Waals surface area (Å²) in [6.07, 6.45) is 2.24. The molecule has 0 unspecified atom stereocenters. The molecule has 76 valence electrons. The first kappa shape index (κ1) is 9.52. The number of hydrogen-bond donors (Lipinski definition) is 1. The van der Waals surface area contributed by atoms with Crippen molar-refractivity contribution in [2.24, 2.45) is 0 Å². The zero-order chi connectivity index (χ0) is 10.1. The Hall–Kier alpha value is -1.03. The Morgan fingerprint density at radius 2 is 2.14 bits per heavy atom. The van der Waals surface area contributed by atoms with Crippen molar-refractivity contribution in [3.63, 3.8) is 0 Å². The van der Waals surface area contributed by atoms with Gasteiger partial charge in [-0.1, -0.05) is 0 Å². The van der Waals surface area contributed by atoms with E-state index in [-0.39, 0.29) is 5.91 Å². The Kier molecular flexibility index (Phi) is 2.46. The highest BCUT2D eigenvalue weighted by Gasteiger charge is 2.22. The number of thiophene rings is 1. The molecule has 1 saturated heterocycles. The van der Waals surface area contributed by atoms with Crippen LogP contribution >= 0.6 is 11.3 Å². The number of likely N-dealkylation sites (tertiary alicyclic amines) is 1. The zero-order valence-electron chi connectivity index (χ0n) is 8.25. The van der Waals surface area contributed by atoms with Crippen LogP contribution in [0.15, 0.2) is 6.07 Å². The molecule has 4 heteroatoms. The van der Waals surface area contributed by atoms with Gasteiger partial charge in [-0.3, -0.25) is 4.79 Å². The van der Waals surface area contributed by atoms with Crippen molar-refractivity contribution in [3.05, 3.63) is 16.5 Å². The molecule has 0 aromatic carbocycles. The number of anilines is 1. The van der Waals surface area contributed by atoms with Gasteiger partial charge in [0.15, 0.2) is 0 Å². The second kappa shape index (κ2) is 3.61. The van der Waals surface area contributed by atoms with Gasteiger partial charge in [-0.15, -0.1) is 11.3 Å². The van der Waals surface area contributed by atoms with Crippen molar-refractivity contribution in [1.82, 2.24) is 4.90 Å². The Morgan fingerprint density at radius 1 is 1.50 bits per heavy atom. The first-order valence-electron chi connectivity index (χ1n) is 4.83. The van der Waals surface area contributed by atoms with Crippen LogP contribution in [0.5, 0.6) is 0 Å². The Morgan fingerprint density at radius 3 is 2.64 bits per heavy atom. The molecule has 0 atom stereocenters. The van der Waals surface area contributed by atoms with E-state index in [1.165, 1.54) is 11.3 Å². The minimum Gasteiger partial charge on any atom is -0.390 e. The average Bonchev–Trinajstić information content (AvgIpc) is 2.73. The smallest absolute Gasteiger partial charge is 0.256 e. The summed E-state index contributed by atoms with van der Waals surface area (Å²) in [5.74, 6) is 0.101. The number of nitrogen functional groups attached to an aromatic ring is 1. The maximum Gasteiger partial charge on any atom is 0.256 e. The molecule has 0 aliphatic carbocycles. The SMILES string of the molecule is Cc1cc(C(=O)N2CCCC2)c(N)s1. The fourth-order valence-corrected chi connectivity index (χ4v) is 2.57. The van der Waals surface area contributed by atoms with E-state index < -0.39 is 0 Å². The lowest BCUT2D eigenvalue weighted by molar-refractivity contribution is 0.0794. The third-order valence-corrected chi connectivity index (χ3v) is 3.39. The summed E-state index contributed by atoms with van der Waals surface area (Å²) >= 11 is 1.49. The number of carbonyl (C=O) groups excluding carboxylic acids is 1. The van der Waals surface area contributed by atoms with Gasteiger partial charge >= 0.3 is 0 Å². The number of nitrogens with zero attached hydrogens (tertiary/aromatic N) is 1. The number of carbonyl (C=O) groups is 1. The third kappa shape index (κ3) is 1.62. The summed E-state index contributed by atoms with van der Waals surface area (Å²) in [7, 11) is 0. The molecule has 0 spiro atoms. The molecule has 1 aromatic heterocycles. The minimum absolute atomic E-state index is 0.101. The molecule has 1 amide bonds. The van der Waals surface area contributed by atoms with Crippen LogP contribution in [0.2, 0.25) is 0 Å². The quantitative estimate of drug-likeness (QED) is 0.769. The molecule has 2 heterocycles. The normalized spacial score (nSPS) is 16.2. The zero-order valence-corrected chi connectivity index (χ0v) is 9.06. The van der Waals surface area contributed by atoms with Gasteiger partial charge in [0.2, 0.25) is 0 Å². The average molecular weight is 210 g/mol. The Labute approximate surface area is 87.5 Å². The van der Waals surface area contributed by atoms with E-state index in [4.69, 9.17) is 5.73 Å². The summed E-state index contributed by atoms with van der Waals surface area (Å²) in [5, 5.41) is 0.652. The van der Waals surface area contributed by atoms with Crippen molar-refractivity contribution in [1.29, 1.82) is 0 Å². The highest BCUT2D eigenvalue weighted by Crippen LogP contribution is 2.26. The minimum atomic E-state index is 0.101. The van der Waals surface area contributed by atoms with Crippen LogP contribution in [0.1, 0.15) is 28.1 Å². The van der Waals surface area contributed by atoms with Crippen molar-refractivity contribution in [3.8, 4) is 0 Å². The highest BCUT2D eigenvalue weighted by molar-refractivity contribution is 7.16. The number of aryl methyl sites for hydroxylation is 1. The van der Waals surface area contributed by atoms with Crippen LogP contribution in [-0.4, -0.2) is 23.9 Å². The van der Waals surface area contributed by atoms with Crippen LogP contribution in [0.3, 0.4) is 0 Å². The molecule has 2 rings (SSSR count). The van der Waals surface area contributed by atoms with Crippen LogP contribution in [0, 0.1) is 6.92 Å². The Bertz CT molecular complexity index is 353. The van der Waals surface area contributed by atoms with Gasteiger partial charge in [-0.25, -0.2) is 0 Å². The van der Waals surface area contributed by atoms with E-state index in [1.54, 1.807) is 0 Å². The number of amides is 1. The van der Waals surface area contributed by atoms with Gasteiger partial charge in [0, 0.05) is 18.0 Å². The van der Waals surface area contributed by atoms with Crippen molar-refractivity contribution < 1.29 is 4.79 Å². The largest absolute Gasteiger partial charge is 0.390 e. The van der Waals surface area contributed by atoms with Crippen LogP contribution in [-0.2, 0) is 0 Å². The Balaban J connectivity index is 2.21. The molecular weight excluding hydrogens is 196 g/mol. The van der Waals surface area contributed by atoms with Gasteiger partial charge < -0.3 is 10.6 Å². The van der Waals surface area contributed by atoms with Gasteiger partial charge in [0.1, 0.15) is 0 Å². The van der Waals surface area contributed by atoms with E-state index in [1.807, 2.05) is 17.9 Å². The van der Waals surface area contributed by atoms with Gasteiger partial charge in [0.25, 0.3) is 5.91 Å². The van der Waals surface area contributed by atoms with Gasteiger partial charge in [-0.05, 0) is 25.8 Å². The highest BCUT2D eigenvalue weighted by atomic mass is 32.1. The molecule has 0 bridgehead atoms. The second-order valence-corrected chi connectivity index (χ2v) is 4.92. The fraction of sp³-hybridized carbons (Fsp3) is 0.500. The molecule has 0 radical (unpaired) electrons. The second-order valence-electron chi connectivity index (χ2n) is 3.63. The van der Waals surface area contributed by atoms with Crippen LogP contribution < -0.4 is 5.73 Å². The standard InChI is InChI=1S/C10H14N2OS/c1-7-6-8(9(11)14-7)10(13)12-4-2-3-5-12/h6H,2-5,11H2,1H3. The number of nitrogens with two attached hydrogens (primary N) is 1. The molecule has 14 heavy (non-hydrogen) atoms. The number of rotatable bonds is 1. The summed E-state index contributed by atoms with van der Waals surface area (Å²) in [4.78, 5) is 14.9. The predicted molar refractivity (Wildman–Crippen MR) is 58.6 cm³/mol. The summed E-state index contributed by atoms with van der Waals surface area (Å²) < 4.78 is 0. The van der Waals surface area contributed by atoms with E-state index in [9.17, 15) is 4.79 Å². The van der Waals surface area contributed by atoms with Crippen LogP contribution in [0.4, 0.5) is 5.00 Å². The molecule has 1 aliphatic heterocycles. The van der Waals surface area contributed by atoms with E-state index in [0.717, 1.165) is 30.8 Å². The molecule has 2 N–H and O–H groups in total. The van der Waals surface area contributed by atoms with Crippen molar-refractivity contribution in [2.75, 3.05) is 18.8 Å². The number of hydrogen-bond acceptors (Lipinski definition) is 3. The first-order valence-corrected chi connectivity index (χ1v) is 5.65. The van der Waals surface area contributed by atoms with Crippen LogP contribution in [0.25, 0.3) is 0 Å². The fourth-order valence-electron chi connectivity index (χ4n) is 1.79.